The lowest BCUT2D eigenvalue weighted by molar-refractivity contribution is -0.144. The molecule has 2 aliphatic carbocycles. The molecule has 1 aliphatic heterocycles. The highest BCUT2D eigenvalue weighted by Crippen LogP contribution is 2.44. The molecule has 0 amide bonds. The van der Waals surface area contributed by atoms with Gasteiger partial charge in [-0.05, 0) is 56.7 Å². The number of allylic oxidation sites excluding steroid dienone is 3. The Hall–Kier alpha value is -1.88. The first kappa shape index (κ1) is 18.5. The Morgan fingerprint density at radius 1 is 1.22 bits per heavy atom. The summed E-state index contributed by atoms with van der Waals surface area (Å²) < 4.78 is 6.78. The van der Waals surface area contributed by atoms with Crippen molar-refractivity contribution in [3.63, 3.8) is 0 Å². The number of benzene rings is 1. The fraction of sp³-hybridized carbons (Fsp3) is 0.455. The van der Waals surface area contributed by atoms with Gasteiger partial charge >= 0.3 is 5.97 Å². The number of nitrogens with one attached hydrogen (secondary N) is 1. The van der Waals surface area contributed by atoms with E-state index in [9.17, 15) is 9.59 Å². The Morgan fingerprint density at radius 3 is 2.74 bits per heavy atom. The zero-order valence-electron chi connectivity index (χ0n) is 15.5. The molecule has 1 N–H and O–H groups in total. The molecule has 4 rings (SSSR count). The average molecular weight is 430 g/mol. The molecule has 1 fully saturated rings. The summed E-state index contributed by atoms with van der Waals surface area (Å²) in [6.45, 7) is 1.91. The second-order valence-corrected chi connectivity index (χ2v) is 8.57. The highest BCUT2D eigenvalue weighted by molar-refractivity contribution is 9.10. The van der Waals surface area contributed by atoms with E-state index in [2.05, 4.69) is 27.3 Å². The Labute approximate surface area is 168 Å². The monoisotopic (exact) mass is 429 g/mol. The first-order valence-corrected chi connectivity index (χ1v) is 10.5. The van der Waals surface area contributed by atoms with E-state index in [1.807, 2.05) is 31.2 Å². The van der Waals surface area contributed by atoms with Gasteiger partial charge in [-0.15, -0.1) is 0 Å². The van der Waals surface area contributed by atoms with Crippen LogP contribution < -0.4 is 5.32 Å². The first-order valence-electron chi connectivity index (χ1n) is 9.71. The number of hydrogen-bond donors (Lipinski definition) is 1. The summed E-state index contributed by atoms with van der Waals surface area (Å²) in [5.41, 5.74) is 3.28. The van der Waals surface area contributed by atoms with Crippen LogP contribution in [0.25, 0.3) is 0 Å². The molecule has 5 heteroatoms. The van der Waals surface area contributed by atoms with Gasteiger partial charge in [0, 0.05) is 28.2 Å². The van der Waals surface area contributed by atoms with Crippen molar-refractivity contribution in [2.75, 3.05) is 0 Å². The number of ketones is 1. The molecule has 4 nitrogen and oxygen atoms in total. The highest BCUT2D eigenvalue weighted by atomic mass is 79.9. The molecule has 2 unspecified atom stereocenters. The summed E-state index contributed by atoms with van der Waals surface area (Å²) in [5.74, 6) is -0.752. The van der Waals surface area contributed by atoms with Crippen molar-refractivity contribution in [3.8, 4) is 0 Å². The minimum atomic E-state index is -0.345. The Bertz CT molecular complexity index is 836. The fourth-order valence-electron chi connectivity index (χ4n) is 4.56. The number of Topliss-reactive ketones (excluding diaryl/α,β-unsaturated/α-hetero) is 1. The third-order valence-electron chi connectivity index (χ3n) is 5.82. The third kappa shape index (κ3) is 3.62. The highest BCUT2D eigenvalue weighted by Gasteiger charge is 2.43. The number of halogens is 1. The fourth-order valence-corrected chi connectivity index (χ4v) is 4.98. The Morgan fingerprint density at radius 2 is 2.00 bits per heavy atom. The zero-order chi connectivity index (χ0) is 19.0. The Kier molecular flexibility index (Phi) is 5.22. The van der Waals surface area contributed by atoms with Gasteiger partial charge in [-0.2, -0.15) is 0 Å². The summed E-state index contributed by atoms with van der Waals surface area (Å²) in [6, 6.07) is 7.91. The second-order valence-electron chi connectivity index (χ2n) is 7.65. The largest absolute Gasteiger partial charge is 0.459 e. The van der Waals surface area contributed by atoms with Crippen LogP contribution in [0.15, 0.2) is 51.8 Å². The minimum absolute atomic E-state index is 0.0000409. The van der Waals surface area contributed by atoms with Crippen molar-refractivity contribution in [2.45, 2.75) is 57.5 Å². The molecule has 0 radical (unpaired) electrons. The van der Waals surface area contributed by atoms with Crippen LogP contribution in [-0.4, -0.2) is 17.9 Å². The van der Waals surface area contributed by atoms with Crippen LogP contribution in [0.2, 0.25) is 0 Å². The van der Waals surface area contributed by atoms with E-state index in [1.165, 1.54) is 0 Å². The van der Waals surface area contributed by atoms with Crippen molar-refractivity contribution in [1.29, 1.82) is 0 Å². The van der Waals surface area contributed by atoms with Crippen LogP contribution in [0, 0.1) is 5.92 Å². The third-order valence-corrected chi connectivity index (χ3v) is 6.31. The maximum Gasteiger partial charge on any atom is 0.336 e. The second kappa shape index (κ2) is 7.63. The van der Waals surface area contributed by atoms with Crippen LogP contribution in [0.3, 0.4) is 0 Å². The molecule has 142 valence electrons. The number of rotatable bonds is 3. The normalized spacial score (nSPS) is 25.7. The number of ether oxygens (including phenoxy) is 1. The van der Waals surface area contributed by atoms with Gasteiger partial charge in [-0.25, -0.2) is 4.79 Å². The number of carbonyl (C=O) groups is 2. The van der Waals surface area contributed by atoms with Crippen LogP contribution in [0.4, 0.5) is 0 Å². The van der Waals surface area contributed by atoms with Gasteiger partial charge in [0.2, 0.25) is 0 Å². The lowest BCUT2D eigenvalue weighted by Crippen LogP contribution is -2.41. The van der Waals surface area contributed by atoms with E-state index >= 15 is 0 Å². The van der Waals surface area contributed by atoms with Crippen LogP contribution in [0.5, 0.6) is 0 Å². The molecular weight excluding hydrogens is 406 g/mol. The molecular formula is C22H24BrNO3. The molecule has 27 heavy (non-hydrogen) atoms. The topological polar surface area (TPSA) is 55.4 Å². The number of carbonyl (C=O) groups excluding carboxylic acids is 2. The quantitative estimate of drug-likeness (QED) is 0.703. The summed E-state index contributed by atoms with van der Waals surface area (Å²) in [7, 11) is 0. The van der Waals surface area contributed by atoms with Gasteiger partial charge in [0.05, 0.1) is 11.5 Å². The van der Waals surface area contributed by atoms with Gasteiger partial charge in [-0.1, -0.05) is 34.1 Å². The van der Waals surface area contributed by atoms with Crippen molar-refractivity contribution in [1.82, 2.24) is 5.32 Å². The van der Waals surface area contributed by atoms with E-state index < -0.39 is 0 Å². The van der Waals surface area contributed by atoms with Gasteiger partial charge in [0.15, 0.2) is 0 Å². The lowest BCUT2D eigenvalue weighted by atomic mass is 9.71. The van der Waals surface area contributed by atoms with Gasteiger partial charge < -0.3 is 10.1 Å². The summed E-state index contributed by atoms with van der Waals surface area (Å²) in [5, 5.41) is 3.33. The summed E-state index contributed by atoms with van der Waals surface area (Å²) in [6.07, 6.45) is 7.44. The van der Waals surface area contributed by atoms with Crippen molar-refractivity contribution in [2.24, 2.45) is 5.92 Å². The summed E-state index contributed by atoms with van der Waals surface area (Å²) in [4.78, 5) is 26.0. The van der Waals surface area contributed by atoms with Crippen LogP contribution in [0.1, 0.15) is 56.9 Å². The molecule has 0 bridgehead atoms. The van der Waals surface area contributed by atoms with Crippen LogP contribution in [-0.2, 0) is 14.3 Å². The SMILES string of the molecule is CC1=C(C(=O)OC2CCCC2)C(c2cccc(Br)c2)C2C(=O)CCC=C2N1. The van der Waals surface area contributed by atoms with E-state index in [4.69, 9.17) is 4.74 Å². The maximum absolute atomic E-state index is 13.2. The summed E-state index contributed by atoms with van der Waals surface area (Å²) >= 11 is 3.53. The molecule has 3 aliphatic rings. The van der Waals surface area contributed by atoms with Gasteiger partial charge in [-0.3, -0.25) is 4.79 Å². The van der Waals surface area contributed by atoms with Crippen molar-refractivity contribution >= 4 is 27.7 Å². The maximum atomic E-state index is 13.2. The molecule has 1 aromatic carbocycles. The van der Waals surface area contributed by atoms with E-state index in [0.29, 0.717) is 12.0 Å². The standard InChI is InChI=1S/C22H24BrNO3/c1-13-19(22(26)27-16-8-2-3-9-16)20(14-6-4-7-15(23)12-14)21-17(24-13)10-5-11-18(21)25/h4,6-7,10,12,16,20-21,24H,2-3,5,8-9,11H2,1H3. The lowest BCUT2D eigenvalue weighted by Gasteiger charge is -2.38. The van der Waals surface area contributed by atoms with E-state index in [0.717, 1.165) is 53.5 Å². The zero-order valence-corrected chi connectivity index (χ0v) is 17.1. The van der Waals surface area contributed by atoms with E-state index in [1.54, 1.807) is 0 Å². The molecule has 0 spiro atoms. The molecule has 1 aromatic rings. The van der Waals surface area contributed by atoms with Crippen molar-refractivity contribution < 1.29 is 14.3 Å². The molecule has 0 saturated heterocycles. The molecule has 2 atom stereocenters. The van der Waals surface area contributed by atoms with Gasteiger partial charge in [0.1, 0.15) is 11.9 Å². The smallest absolute Gasteiger partial charge is 0.336 e. The average Bonchev–Trinajstić information content (AvgIpc) is 3.13. The number of esters is 1. The predicted octanol–water partition coefficient (Wildman–Crippen LogP) is 4.76. The van der Waals surface area contributed by atoms with E-state index in [-0.39, 0.29) is 29.7 Å². The predicted molar refractivity (Wildman–Crippen MR) is 107 cm³/mol. The van der Waals surface area contributed by atoms with Crippen molar-refractivity contribution in [3.05, 3.63) is 57.3 Å². The number of hydrogen-bond acceptors (Lipinski definition) is 4. The minimum Gasteiger partial charge on any atom is -0.459 e. The molecule has 1 heterocycles. The number of fused-ring (bicyclic) bond motifs is 1. The molecule has 0 aromatic heterocycles. The van der Waals surface area contributed by atoms with Gasteiger partial charge in [0.25, 0.3) is 0 Å². The first-order chi connectivity index (χ1) is 13.0. The molecule has 1 saturated carbocycles. The van der Waals surface area contributed by atoms with Crippen LogP contribution >= 0.6 is 15.9 Å². The Balaban J connectivity index is 1.77.